The van der Waals surface area contributed by atoms with Crippen molar-refractivity contribution in [1.29, 1.82) is 0 Å². The summed E-state index contributed by atoms with van der Waals surface area (Å²) in [6.45, 7) is 5.93. The third kappa shape index (κ3) is 5.93. The van der Waals surface area contributed by atoms with E-state index in [0.717, 1.165) is 44.8 Å². The van der Waals surface area contributed by atoms with Crippen LogP contribution in [0, 0.1) is 0 Å². The Bertz CT molecular complexity index is 1330. The maximum Gasteiger partial charge on any atom is 0.255 e. The summed E-state index contributed by atoms with van der Waals surface area (Å²) < 4.78 is 0. The molecule has 0 aliphatic carbocycles. The van der Waals surface area contributed by atoms with Crippen molar-refractivity contribution in [2.75, 3.05) is 44.6 Å². The molecule has 2 saturated heterocycles. The molecule has 3 aliphatic heterocycles. The lowest BCUT2D eigenvalue weighted by Gasteiger charge is -2.34. The van der Waals surface area contributed by atoms with Crippen molar-refractivity contribution in [2.45, 2.75) is 32.0 Å². The molecule has 202 valence electrons. The van der Waals surface area contributed by atoms with Gasteiger partial charge in [0.2, 0.25) is 11.8 Å². The molecule has 0 saturated carbocycles. The first-order valence-electron chi connectivity index (χ1n) is 13.1. The zero-order valence-electron chi connectivity index (χ0n) is 21.5. The topological polar surface area (TPSA) is 151 Å². The average Bonchev–Trinajstić information content (AvgIpc) is 3.27. The molecule has 2 aromatic rings. The molecule has 0 radical (unpaired) electrons. The average molecular weight is 531 g/mol. The number of rotatable bonds is 8. The number of carbonyl (C=O) groups is 4. The second kappa shape index (κ2) is 11.6. The summed E-state index contributed by atoms with van der Waals surface area (Å²) in [5, 5.41) is 8.83. The molecule has 0 bridgehead atoms. The maximum atomic E-state index is 13.1. The highest BCUT2D eigenvalue weighted by Gasteiger charge is 2.40. The molecule has 3 aliphatic rings. The van der Waals surface area contributed by atoms with Crippen molar-refractivity contribution < 1.29 is 19.2 Å². The summed E-state index contributed by atoms with van der Waals surface area (Å²) in [7, 11) is 0. The van der Waals surface area contributed by atoms with Crippen LogP contribution in [0.2, 0.25) is 0 Å². The molecule has 1 unspecified atom stereocenters. The van der Waals surface area contributed by atoms with Gasteiger partial charge in [0.05, 0.1) is 0 Å². The lowest BCUT2D eigenvalue weighted by atomic mass is 10.0. The number of anilines is 1. The summed E-state index contributed by atoms with van der Waals surface area (Å²) in [5.41, 5.74) is 11.7. The highest BCUT2D eigenvalue weighted by molar-refractivity contribution is 6.08. The molecule has 0 spiro atoms. The lowest BCUT2D eigenvalue weighted by molar-refractivity contribution is -0.136. The van der Waals surface area contributed by atoms with Crippen molar-refractivity contribution in [3.05, 3.63) is 75.2 Å². The van der Waals surface area contributed by atoms with Crippen LogP contribution in [0.15, 0.2) is 47.6 Å². The zero-order chi connectivity index (χ0) is 27.4. The van der Waals surface area contributed by atoms with E-state index in [1.807, 2.05) is 12.1 Å². The number of hydrogen-bond donors (Lipinski definition) is 2. The van der Waals surface area contributed by atoms with Crippen LogP contribution in [0.4, 0.5) is 5.69 Å². The molecule has 12 heteroatoms. The zero-order valence-corrected chi connectivity index (χ0v) is 21.5. The number of nitrogens with zero attached hydrogens (tertiary/aromatic N) is 6. The van der Waals surface area contributed by atoms with E-state index in [9.17, 15) is 19.2 Å². The minimum atomic E-state index is -0.709. The molecule has 3 heterocycles. The van der Waals surface area contributed by atoms with E-state index in [4.69, 9.17) is 5.53 Å². The van der Waals surface area contributed by atoms with Gasteiger partial charge in [-0.3, -0.25) is 29.4 Å². The first kappa shape index (κ1) is 26.4. The monoisotopic (exact) mass is 530 g/mol. The molecule has 2 aromatic carbocycles. The Kier molecular flexibility index (Phi) is 7.87. The first-order valence-corrected chi connectivity index (χ1v) is 13.1. The van der Waals surface area contributed by atoms with Crippen molar-refractivity contribution >= 4 is 29.3 Å². The number of benzene rings is 2. The SMILES string of the molecule is [N-]=[N+]=NCCN1CCN(Cc2ccc(C(=O)Nc3cccc4c3CN(C3CCC(=O)NC3=O)C4=O)cc2)CC1. The molecule has 2 N–H and O–H groups in total. The van der Waals surface area contributed by atoms with Crippen LogP contribution in [0.25, 0.3) is 10.4 Å². The van der Waals surface area contributed by atoms with Gasteiger partial charge in [0.15, 0.2) is 0 Å². The van der Waals surface area contributed by atoms with E-state index in [0.29, 0.717) is 28.9 Å². The van der Waals surface area contributed by atoms with Crippen LogP contribution in [-0.4, -0.2) is 83.6 Å². The predicted octanol–water partition coefficient (Wildman–Crippen LogP) is 2.13. The number of nitrogens with one attached hydrogen (secondary N) is 2. The van der Waals surface area contributed by atoms with Gasteiger partial charge in [0.25, 0.3) is 11.8 Å². The Labute approximate surface area is 225 Å². The van der Waals surface area contributed by atoms with E-state index >= 15 is 0 Å². The van der Waals surface area contributed by atoms with Gasteiger partial charge in [-0.05, 0) is 41.8 Å². The third-order valence-corrected chi connectivity index (χ3v) is 7.50. The summed E-state index contributed by atoms with van der Waals surface area (Å²) in [6.07, 6.45) is 0.469. The van der Waals surface area contributed by atoms with E-state index in [1.165, 1.54) is 4.90 Å². The second-order valence-corrected chi connectivity index (χ2v) is 9.95. The number of azide groups is 1. The smallest absolute Gasteiger partial charge is 0.255 e. The first-order chi connectivity index (χ1) is 18.9. The summed E-state index contributed by atoms with van der Waals surface area (Å²) in [4.78, 5) is 58.9. The van der Waals surface area contributed by atoms with Crippen LogP contribution >= 0.6 is 0 Å². The highest BCUT2D eigenvalue weighted by atomic mass is 16.2. The number of hydrogen-bond acceptors (Lipinski definition) is 7. The Morgan fingerprint density at radius 3 is 2.51 bits per heavy atom. The van der Waals surface area contributed by atoms with Crippen molar-refractivity contribution in [3.63, 3.8) is 0 Å². The molecule has 12 nitrogen and oxygen atoms in total. The Balaban J connectivity index is 1.18. The molecule has 4 amide bonds. The van der Waals surface area contributed by atoms with Crippen molar-refractivity contribution in [1.82, 2.24) is 20.0 Å². The van der Waals surface area contributed by atoms with E-state index in [1.54, 1.807) is 30.3 Å². The van der Waals surface area contributed by atoms with Crippen LogP contribution in [0.3, 0.4) is 0 Å². The molecule has 5 rings (SSSR count). The lowest BCUT2D eigenvalue weighted by Crippen LogP contribution is -2.52. The number of piperidine rings is 1. The standard InChI is InChI=1S/C27H30N8O4/c28-32-29-10-11-33-12-14-34(15-13-33)16-18-4-6-19(7-5-18)25(37)30-22-3-1-2-20-21(22)17-35(27(20)39)23-8-9-24(36)31-26(23)38/h1-7,23H,8-17H2,(H,30,37)(H,31,36,38). The van der Waals surface area contributed by atoms with E-state index in [2.05, 4.69) is 30.5 Å². The molecule has 1 atom stereocenters. The highest BCUT2D eigenvalue weighted by Crippen LogP contribution is 2.32. The number of piperazine rings is 1. The largest absolute Gasteiger partial charge is 0.322 e. The fourth-order valence-corrected chi connectivity index (χ4v) is 5.32. The maximum absolute atomic E-state index is 13.1. The fourth-order valence-electron chi connectivity index (χ4n) is 5.32. The van der Waals surface area contributed by atoms with E-state index < -0.39 is 11.9 Å². The van der Waals surface area contributed by atoms with Gasteiger partial charge in [-0.1, -0.05) is 23.3 Å². The molecule has 0 aromatic heterocycles. The fraction of sp³-hybridized carbons (Fsp3) is 0.407. The molecular weight excluding hydrogens is 500 g/mol. The number of amides is 4. The van der Waals surface area contributed by atoms with Gasteiger partial charge in [0.1, 0.15) is 6.04 Å². The number of fused-ring (bicyclic) bond motifs is 1. The Morgan fingerprint density at radius 2 is 1.79 bits per heavy atom. The van der Waals surface area contributed by atoms with Gasteiger partial charge in [-0.25, -0.2) is 0 Å². The van der Waals surface area contributed by atoms with Crippen LogP contribution in [0.1, 0.15) is 44.7 Å². The molecular formula is C27H30N8O4. The second-order valence-electron chi connectivity index (χ2n) is 9.95. The normalized spacial score (nSPS) is 19.8. The van der Waals surface area contributed by atoms with Crippen LogP contribution in [-0.2, 0) is 22.7 Å². The van der Waals surface area contributed by atoms with Crippen LogP contribution in [0.5, 0.6) is 0 Å². The van der Waals surface area contributed by atoms with Gasteiger partial charge < -0.3 is 15.1 Å². The molecule has 39 heavy (non-hydrogen) atoms. The number of carbonyl (C=O) groups excluding carboxylic acids is 4. The summed E-state index contributed by atoms with van der Waals surface area (Å²) in [5.74, 6) is -1.36. The van der Waals surface area contributed by atoms with Crippen molar-refractivity contribution in [2.24, 2.45) is 5.11 Å². The minimum Gasteiger partial charge on any atom is -0.322 e. The molecule has 2 fully saturated rings. The summed E-state index contributed by atoms with van der Waals surface area (Å²) >= 11 is 0. The third-order valence-electron chi connectivity index (χ3n) is 7.50. The number of imide groups is 1. The van der Waals surface area contributed by atoms with Gasteiger partial charge in [-0.15, -0.1) is 0 Å². The Hall–Kier alpha value is -4.25. The minimum absolute atomic E-state index is 0.186. The predicted molar refractivity (Wildman–Crippen MR) is 143 cm³/mol. The quantitative estimate of drug-likeness (QED) is 0.231. The van der Waals surface area contributed by atoms with E-state index in [-0.39, 0.29) is 37.1 Å². The van der Waals surface area contributed by atoms with Crippen LogP contribution < -0.4 is 10.6 Å². The van der Waals surface area contributed by atoms with Crippen molar-refractivity contribution in [3.8, 4) is 0 Å². The summed E-state index contributed by atoms with van der Waals surface area (Å²) in [6, 6.07) is 11.9. The van der Waals surface area contributed by atoms with Gasteiger partial charge in [0, 0.05) is 86.1 Å². The van der Waals surface area contributed by atoms with Gasteiger partial charge >= 0.3 is 0 Å². The Morgan fingerprint density at radius 1 is 1.05 bits per heavy atom. The van der Waals surface area contributed by atoms with Gasteiger partial charge in [-0.2, -0.15) is 0 Å².